The predicted molar refractivity (Wildman–Crippen MR) is 94.2 cm³/mol. The number of carbonyl (C=O) groups excluding carboxylic acids is 3. The van der Waals surface area contributed by atoms with Gasteiger partial charge in [0.15, 0.2) is 0 Å². The van der Waals surface area contributed by atoms with Crippen molar-refractivity contribution in [1.29, 1.82) is 0 Å². The third kappa shape index (κ3) is 4.07. The quantitative estimate of drug-likeness (QED) is 0.742. The molecule has 9 nitrogen and oxygen atoms in total. The number of hydrogen-bond donors (Lipinski definition) is 1. The van der Waals surface area contributed by atoms with Gasteiger partial charge >= 0.3 is 18.1 Å². The van der Waals surface area contributed by atoms with Crippen LogP contribution in [0.5, 0.6) is 5.75 Å². The molecule has 3 amide bonds. The highest BCUT2D eigenvalue weighted by Gasteiger charge is 2.49. The Balaban J connectivity index is 1.61. The van der Waals surface area contributed by atoms with Crippen LogP contribution < -0.4 is 10.1 Å². The minimum atomic E-state index is -0.491. The SMILES string of the molecule is CCOC(=O)CNC(=O)N1C[C@H]2OC(=O)N(Cc3ccccc3OC)[C@H]2C1. The molecule has 1 N–H and O–H groups in total. The van der Waals surface area contributed by atoms with Crippen LogP contribution in [0.15, 0.2) is 24.3 Å². The third-order valence-corrected chi connectivity index (χ3v) is 4.63. The lowest BCUT2D eigenvalue weighted by Gasteiger charge is -2.23. The first-order chi connectivity index (χ1) is 13.0. The van der Waals surface area contributed by atoms with Crippen LogP contribution in [0.1, 0.15) is 12.5 Å². The van der Waals surface area contributed by atoms with Crippen molar-refractivity contribution in [2.75, 3.05) is 33.4 Å². The molecule has 0 saturated carbocycles. The van der Waals surface area contributed by atoms with E-state index in [4.69, 9.17) is 14.2 Å². The molecule has 2 heterocycles. The molecule has 2 saturated heterocycles. The zero-order valence-electron chi connectivity index (χ0n) is 15.3. The molecule has 2 atom stereocenters. The Morgan fingerprint density at radius 2 is 2.07 bits per heavy atom. The zero-order chi connectivity index (χ0) is 19.4. The number of para-hydroxylation sites is 1. The first-order valence-corrected chi connectivity index (χ1v) is 8.81. The monoisotopic (exact) mass is 377 g/mol. The minimum absolute atomic E-state index is 0.191. The van der Waals surface area contributed by atoms with Crippen molar-refractivity contribution in [2.24, 2.45) is 0 Å². The second-order valence-corrected chi connectivity index (χ2v) is 6.30. The predicted octanol–water partition coefficient (Wildman–Crippen LogP) is 0.973. The maximum atomic E-state index is 12.3. The first kappa shape index (κ1) is 18.8. The molecule has 2 aliphatic rings. The summed E-state index contributed by atoms with van der Waals surface area (Å²) >= 11 is 0. The number of esters is 1. The molecule has 2 fully saturated rings. The Labute approximate surface area is 157 Å². The Kier molecular flexibility index (Phi) is 5.68. The van der Waals surface area contributed by atoms with Crippen molar-refractivity contribution < 1.29 is 28.6 Å². The number of ether oxygens (including phenoxy) is 3. The fourth-order valence-electron chi connectivity index (χ4n) is 3.34. The van der Waals surface area contributed by atoms with Crippen LogP contribution in [-0.4, -0.2) is 73.4 Å². The summed E-state index contributed by atoms with van der Waals surface area (Å²) in [7, 11) is 1.58. The third-order valence-electron chi connectivity index (χ3n) is 4.63. The maximum Gasteiger partial charge on any atom is 0.410 e. The molecule has 9 heteroatoms. The van der Waals surface area contributed by atoms with E-state index in [9.17, 15) is 14.4 Å². The smallest absolute Gasteiger partial charge is 0.410 e. The van der Waals surface area contributed by atoms with Crippen LogP contribution in [0, 0.1) is 0 Å². The number of likely N-dealkylation sites (tertiary alicyclic amines) is 1. The molecule has 0 bridgehead atoms. The van der Waals surface area contributed by atoms with Crippen molar-refractivity contribution in [3.63, 3.8) is 0 Å². The number of rotatable bonds is 6. The van der Waals surface area contributed by atoms with Crippen molar-refractivity contribution in [2.45, 2.75) is 25.6 Å². The zero-order valence-corrected chi connectivity index (χ0v) is 15.3. The van der Waals surface area contributed by atoms with E-state index in [0.29, 0.717) is 18.8 Å². The van der Waals surface area contributed by atoms with Gasteiger partial charge in [-0.05, 0) is 13.0 Å². The maximum absolute atomic E-state index is 12.3. The average molecular weight is 377 g/mol. The Morgan fingerprint density at radius 1 is 1.30 bits per heavy atom. The second kappa shape index (κ2) is 8.15. The van der Waals surface area contributed by atoms with E-state index in [2.05, 4.69) is 5.32 Å². The summed E-state index contributed by atoms with van der Waals surface area (Å²) in [4.78, 5) is 39.0. The molecule has 146 valence electrons. The number of fused-ring (bicyclic) bond motifs is 1. The van der Waals surface area contributed by atoms with Crippen LogP contribution in [0.25, 0.3) is 0 Å². The largest absolute Gasteiger partial charge is 0.496 e. The number of nitrogens with zero attached hydrogens (tertiary/aromatic N) is 2. The van der Waals surface area contributed by atoms with Crippen LogP contribution in [0.2, 0.25) is 0 Å². The lowest BCUT2D eigenvalue weighted by atomic mass is 10.1. The number of hydrogen-bond acceptors (Lipinski definition) is 6. The fraction of sp³-hybridized carbons (Fsp3) is 0.500. The summed E-state index contributed by atoms with van der Waals surface area (Å²) in [5, 5.41) is 2.53. The summed E-state index contributed by atoms with van der Waals surface area (Å²) in [5.74, 6) is 0.199. The highest BCUT2D eigenvalue weighted by Crippen LogP contribution is 2.30. The summed E-state index contributed by atoms with van der Waals surface area (Å²) in [6, 6.07) is 6.83. The summed E-state index contributed by atoms with van der Waals surface area (Å²) < 4.78 is 15.5. The number of methoxy groups -OCH3 is 1. The topological polar surface area (TPSA) is 97.4 Å². The van der Waals surface area contributed by atoms with Gasteiger partial charge in [0.05, 0.1) is 32.8 Å². The van der Waals surface area contributed by atoms with Gasteiger partial charge in [-0.25, -0.2) is 9.59 Å². The van der Waals surface area contributed by atoms with Crippen LogP contribution in [0.3, 0.4) is 0 Å². The van der Waals surface area contributed by atoms with E-state index in [1.165, 1.54) is 4.90 Å². The minimum Gasteiger partial charge on any atom is -0.496 e. The van der Waals surface area contributed by atoms with E-state index in [1.807, 2.05) is 24.3 Å². The average Bonchev–Trinajstić information content (AvgIpc) is 3.19. The molecule has 3 rings (SSSR count). The van der Waals surface area contributed by atoms with Gasteiger partial charge in [-0.3, -0.25) is 9.69 Å². The van der Waals surface area contributed by atoms with Gasteiger partial charge in [-0.15, -0.1) is 0 Å². The Bertz CT molecular complexity index is 725. The van der Waals surface area contributed by atoms with Gasteiger partial charge in [0.2, 0.25) is 0 Å². The molecule has 0 aromatic heterocycles. The summed E-state index contributed by atoms with van der Waals surface area (Å²) in [6.45, 7) is 2.72. The Morgan fingerprint density at radius 3 is 2.81 bits per heavy atom. The lowest BCUT2D eigenvalue weighted by molar-refractivity contribution is -0.141. The van der Waals surface area contributed by atoms with Gasteiger partial charge < -0.3 is 24.4 Å². The molecule has 1 aromatic carbocycles. The lowest BCUT2D eigenvalue weighted by Crippen LogP contribution is -2.44. The molecule has 0 radical (unpaired) electrons. The van der Waals surface area contributed by atoms with E-state index in [0.717, 1.165) is 5.56 Å². The van der Waals surface area contributed by atoms with Crippen LogP contribution in [-0.2, 0) is 20.8 Å². The molecule has 1 aromatic rings. The number of urea groups is 1. The molecular formula is C18H23N3O6. The van der Waals surface area contributed by atoms with E-state index in [-0.39, 0.29) is 37.9 Å². The summed E-state index contributed by atoms with van der Waals surface area (Å²) in [6.07, 6.45) is -0.789. The number of amides is 3. The Hall–Kier alpha value is -2.97. The molecule has 2 aliphatic heterocycles. The summed E-state index contributed by atoms with van der Waals surface area (Å²) in [5.41, 5.74) is 0.864. The van der Waals surface area contributed by atoms with Crippen molar-refractivity contribution in [1.82, 2.24) is 15.1 Å². The molecule has 0 unspecified atom stereocenters. The van der Waals surface area contributed by atoms with Gasteiger partial charge in [-0.2, -0.15) is 0 Å². The van der Waals surface area contributed by atoms with E-state index >= 15 is 0 Å². The molecule has 0 aliphatic carbocycles. The van der Waals surface area contributed by atoms with Crippen molar-refractivity contribution >= 4 is 18.1 Å². The number of carbonyl (C=O) groups is 3. The van der Waals surface area contributed by atoms with Crippen LogP contribution >= 0.6 is 0 Å². The highest BCUT2D eigenvalue weighted by atomic mass is 16.6. The highest BCUT2D eigenvalue weighted by molar-refractivity contribution is 5.81. The molecular weight excluding hydrogens is 354 g/mol. The van der Waals surface area contributed by atoms with Crippen molar-refractivity contribution in [3.05, 3.63) is 29.8 Å². The standard InChI is InChI=1S/C18H23N3O6/c1-3-26-16(22)8-19-17(23)20-10-13-15(11-20)27-18(24)21(13)9-12-6-4-5-7-14(12)25-2/h4-7,13,15H,3,8-11H2,1-2H3,(H,19,23)/t13-,15+/m0/s1. The van der Waals surface area contributed by atoms with Crippen molar-refractivity contribution in [3.8, 4) is 5.75 Å². The van der Waals surface area contributed by atoms with Gasteiger partial charge in [0.1, 0.15) is 18.4 Å². The molecule has 0 spiro atoms. The van der Waals surface area contributed by atoms with Gasteiger partial charge in [-0.1, -0.05) is 18.2 Å². The van der Waals surface area contributed by atoms with E-state index < -0.39 is 12.1 Å². The van der Waals surface area contributed by atoms with Crippen LogP contribution in [0.4, 0.5) is 9.59 Å². The molecule has 27 heavy (non-hydrogen) atoms. The normalized spacial score (nSPS) is 20.9. The van der Waals surface area contributed by atoms with E-state index in [1.54, 1.807) is 18.9 Å². The number of benzene rings is 1. The first-order valence-electron chi connectivity index (χ1n) is 8.81. The fourth-order valence-corrected chi connectivity index (χ4v) is 3.34. The van der Waals surface area contributed by atoms with Gasteiger partial charge in [0.25, 0.3) is 0 Å². The number of nitrogens with one attached hydrogen (secondary N) is 1. The van der Waals surface area contributed by atoms with Gasteiger partial charge in [0, 0.05) is 12.1 Å². The second-order valence-electron chi connectivity index (χ2n) is 6.30.